The summed E-state index contributed by atoms with van der Waals surface area (Å²) in [7, 11) is 0. The summed E-state index contributed by atoms with van der Waals surface area (Å²) < 4.78 is 14.5. The zero-order valence-corrected chi connectivity index (χ0v) is 14.9. The summed E-state index contributed by atoms with van der Waals surface area (Å²) in [5, 5.41) is 0. The molecule has 4 heteroatoms. The Bertz CT molecular complexity index is 792. The zero-order chi connectivity index (χ0) is 14.2. The Hall–Kier alpha value is -1.34. The minimum absolute atomic E-state index is 0.908. The van der Waals surface area contributed by atoms with Crippen LogP contribution in [-0.4, -0.2) is 23.5 Å². The quantitative estimate of drug-likeness (QED) is 0.636. The van der Waals surface area contributed by atoms with Crippen LogP contribution < -0.4 is 0 Å². The SMILES string of the molecule is BrC1=C(c2ccccc2)O[Te]2=C1C=C(c1ccccc1)O2. The molecule has 2 aromatic rings. The molecule has 0 bridgehead atoms. The van der Waals surface area contributed by atoms with Crippen molar-refractivity contribution in [2.75, 3.05) is 0 Å². The van der Waals surface area contributed by atoms with Gasteiger partial charge in [0, 0.05) is 0 Å². The normalized spacial score (nSPS) is 17.4. The van der Waals surface area contributed by atoms with Crippen molar-refractivity contribution in [3.63, 3.8) is 0 Å². The summed E-state index contributed by atoms with van der Waals surface area (Å²) >= 11 is 1.50. The van der Waals surface area contributed by atoms with Gasteiger partial charge in [-0.25, -0.2) is 0 Å². The van der Waals surface area contributed by atoms with Crippen molar-refractivity contribution in [2.24, 2.45) is 0 Å². The molecule has 0 unspecified atom stereocenters. The number of hydrogen-bond acceptors (Lipinski definition) is 2. The maximum atomic E-state index is 6.13. The van der Waals surface area contributed by atoms with Gasteiger partial charge in [0.1, 0.15) is 0 Å². The molecular formula is C17H11BrO2Te. The molecule has 2 aliphatic rings. The van der Waals surface area contributed by atoms with Gasteiger partial charge in [-0.15, -0.1) is 0 Å². The Balaban J connectivity index is 1.69. The first-order chi connectivity index (χ1) is 10.3. The third-order valence-corrected chi connectivity index (χ3v) is 8.68. The third-order valence-electron chi connectivity index (χ3n) is 3.28. The van der Waals surface area contributed by atoms with Crippen LogP contribution in [-0.2, 0) is 6.20 Å². The fourth-order valence-corrected chi connectivity index (χ4v) is 7.58. The molecule has 21 heavy (non-hydrogen) atoms. The van der Waals surface area contributed by atoms with E-state index in [1.165, 1.54) is 3.55 Å². The van der Waals surface area contributed by atoms with Gasteiger partial charge >= 0.3 is 139 Å². The molecule has 0 saturated carbocycles. The van der Waals surface area contributed by atoms with Gasteiger partial charge in [-0.3, -0.25) is 0 Å². The van der Waals surface area contributed by atoms with E-state index in [4.69, 9.17) is 6.20 Å². The van der Waals surface area contributed by atoms with Gasteiger partial charge in [0.25, 0.3) is 0 Å². The Morgan fingerprint density at radius 1 is 0.762 bits per heavy atom. The van der Waals surface area contributed by atoms with Gasteiger partial charge in [0.2, 0.25) is 0 Å². The van der Waals surface area contributed by atoms with Crippen LogP contribution in [0, 0.1) is 0 Å². The van der Waals surface area contributed by atoms with Crippen molar-refractivity contribution in [3.8, 4) is 0 Å². The van der Waals surface area contributed by atoms with E-state index in [9.17, 15) is 0 Å². The first-order valence-corrected chi connectivity index (χ1v) is 10.4. The predicted molar refractivity (Wildman–Crippen MR) is 89.6 cm³/mol. The summed E-state index contributed by atoms with van der Waals surface area (Å²) in [6.07, 6.45) is 2.12. The molecule has 2 nitrogen and oxygen atoms in total. The monoisotopic (exact) mass is 456 g/mol. The first kappa shape index (κ1) is 13.3. The molecular weight excluding hydrogens is 444 g/mol. The molecule has 0 spiro atoms. The fraction of sp³-hybridized carbons (Fsp3) is 0. The van der Waals surface area contributed by atoms with Crippen molar-refractivity contribution >= 4 is 50.9 Å². The standard InChI is InChI=1S/C17H11BrO2Te/c18-16-15-11-14(12-7-3-1-4-8-12)19-21(15)20-17(16)13-9-5-2-6-10-13/h1-11H. The molecule has 2 heterocycles. The van der Waals surface area contributed by atoms with Crippen molar-refractivity contribution in [3.05, 3.63) is 82.3 Å². The van der Waals surface area contributed by atoms with Crippen molar-refractivity contribution in [2.45, 2.75) is 0 Å². The molecule has 0 radical (unpaired) electrons. The Kier molecular flexibility index (Phi) is 3.46. The van der Waals surface area contributed by atoms with E-state index < -0.39 is 19.9 Å². The molecule has 0 saturated heterocycles. The van der Waals surface area contributed by atoms with Gasteiger partial charge in [-0.2, -0.15) is 0 Å². The van der Waals surface area contributed by atoms with E-state index in [0.717, 1.165) is 27.1 Å². The number of rotatable bonds is 2. The second kappa shape index (κ2) is 5.46. The van der Waals surface area contributed by atoms with Crippen LogP contribution in [0.15, 0.2) is 71.2 Å². The molecule has 0 aliphatic carbocycles. The number of hydrogen-bond donors (Lipinski definition) is 0. The van der Waals surface area contributed by atoms with Crippen molar-refractivity contribution in [1.82, 2.24) is 0 Å². The van der Waals surface area contributed by atoms with Gasteiger partial charge < -0.3 is 0 Å². The van der Waals surface area contributed by atoms with E-state index in [1.54, 1.807) is 0 Å². The molecule has 0 amide bonds. The summed E-state index contributed by atoms with van der Waals surface area (Å²) in [5.74, 6) is 1.83. The molecule has 2 aromatic carbocycles. The van der Waals surface area contributed by atoms with E-state index in [-0.39, 0.29) is 0 Å². The van der Waals surface area contributed by atoms with Crippen LogP contribution >= 0.6 is 15.9 Å². The Labute approximate surface area is 139 Å². The molecule has 0 aromatic heterocycles. The minimum atomic E-state index is -2.19. The second-order valence-electron chi connectivity index (χ2n) is 4.65. The van der Waals surface area contributed by atoms with Crippen LogP contribution in [0.5, 0.6) is 0 Å². The Morgan fingerprint density at radius 3 is 2.00 bits per heavy atom. The first-order valence-electron chi connectivity index (χ1n) is 6.53. The van der Waals surface area contributed by atoms with E-state index in [1.807, 2.05) is 36.4 Å². The van der Waals surface area contributed by atoms with Gasteiger partial charge in [-0.1, -0.05) is 0 Å². The number of benzene rings is 2. The van der Waals surface area contributed by atoms with Crippen molar-refractivity contribution < 1.29 is 6.20 Å². The van der Waals surface area contributed by atoms with Crippen LogP contribution in [0.2, 0.25) is 0 Å². The second-order valence-corrected chi connectivity index (χ2v) is 8.99. The van der Waals surface area contributed by atoms with Gasteiger partial charge in [0.15, 0.2) is 0 Å². The maximum absolute atomic E-state index is 6.13. The molecule has 0 N–H and O–H groups in total. The van der Waals surface area contributed by atoms with E-state index in [0.29, 0.717) is 0 Å². The molecule has 2 aliphatic heterocycles. The molecule has 0 atom stereocenters. The fourth-order valence-electron chi connectivity index (χ4n) is 2.24. The molecule has 0 fully saturated rings. The summed E-state index contributed by atoms with van der Waals surface area (Å²) in [6, 6.07) is 20.3. The predicted octanol–water partition coefficient (Wildman–Crippen LogP) is 4.09. The molecule has 104 valence electrons. The van der Waals surface area contributed by atoms with Crippen LogP contribution in [0.25, 0.3) is 11.5 Å². The average Bonchev–Trinajstić information content (AvgIpc) is 3.09. The summed E-state index contributed by atoms with van der Waals surface area (Å²) in [5.41, 5.74) is 2.19. The van der Waals surface area contributed by atoms with Crippen molar-refractivity contribution in [1.29, 1.82) is 0 Å². The van der Waals surface area contributed by atoms with Gasteiger partial charge in [0.05, 0.1) is 0 Å². The Morgan fingerprint density at radius 2 is 1.38 bits per heavy atom. The summed E-state index contributed by atoms with van der Waals surface area (Å²) in [6.45, 7) is 0. The topological polar surface area (TPSA) is 18.5 Å². The number of allylic oxidation sites excluding steroid dienone is 2. The third kappa shape index (κ3) is 2.38. The van der Waals surface area contributed by atoms with E-state index >= 15 is 0 Å². The van der Waals surface area contributed by atoms with Crippen LogP contribution in [0.1, 0.15) is 11.1 Å². The summed E-state index contributed by atoms with van der Waals surface area (Å²) in [4.78, 5) is 0. The number of halogens is 1. The van der Waals surface area contributed by atoms with E-state index in [2.05, 4.69) is 46.3 Å². The van der Waals surface area contributed by atoms with Crippen LogP contribution in [0.3, 0.4) is 0 Å². The molecule has 4 rings (SSSR count). The zero-order valence-electron chi connectivity index (χ0n) is 11.0. The van der Waals surface area contributed by atoms with Gasteiger partial charge in [-0.05, 0) is 0 Å². The van der Waals surface area contributed by atoms with Crippen LogP contribution in [0.4, 0.5) is 0 Å². The average molecular weight is 455 g/mol.